The molecule has 3 N–H and O–H groups in total. The van der Waals surface area contributed by atoms with E-state index in [1.165, 1.54) is 24.4 Å². The third-order valence-electron chi connectivity index (χ3n) is 6.58. The average Bonchev–Trinajstić information content (AvgIpc) is 3.44. The molecule has 13 heteroatoms. The zero-order valence-corrected chi connectivity index (χ0v) is 22.4. The molecule has 1 fully saturated rings. The maximum absolute atomic E-state index is 13.7. The number of carbonyl (C=O) groups is 1. The molecule has 5 aromatic rings. The first-order valence-electron chi connectivity index (χ1n) is 13.3. The average molecular weight is 588 g/mol. The van der Waals surface area contributed by atoms with Crippen molar-refractivity contribution >= 4 is 23.2 Å². The lowest BCUT2D eigenvalue weighted by molar-refractivity contribution is -0.199. The molecule has 1 aliphatic rings. The van der Waals surface area contributed by atoms with E-state index in [2.05, 4.69) is 30.6 Å². The number of hydrogen-bond donors (Lipinski definition) is 3. The number of nitrogens with one attached hydrogen (secondary N) is 3. The predicted molar refractivity (Wildman–Crippen MR) is 150 cm³/mol. The molecule has 0 bridgehead atoms. The van der Waals surface area contributed by atoms with Crippen LogP contribution in [0.1, 0.15) is 5.82 Å². The van der Waals surface area contributed by atoms with Gasteiger partial charge in [-0.15, -0.1) is 0 Å². The third-order valence-corrected chi connectivity index (χ3v) is 6.58. The van der Waals surface area contributed by atoms with Crippen LogP contribution in [0.25, 0.3) is 22.6 Å². The Bertz CT molecular complexity index is 1730. The molecule has 0 unspecified atom stereocenters. The predicted octanol–water partition coefficient (Wildman–Crippen LogP) is 5.26. The van der Waals surface area contributed by atoms with E-state index in [9.17, 15) is 18.0 Å². The number of rotatable bonds is 8. The molecule has 4 heterocycles. The molecule has 6 rings (SSSR count). The van der Waals surface area contributed by atoms with E-state index in [1.54, 1.807) is 42.7 Å². The minimum atomic E-state index is -1.01. The minimum Gasteiger partial charge on any atom is -0.351 e. The molecular formula is C30H24F3N7O3. The first kappa shape index (κ1) is 28.0. The maximum atomic E-state index is 13.7. The van der Waals surface area contributed by atoms with Gasteiger partial charge in [0.15, 0.2) is 17.9 Å². The van der Waals surface area contributed by atoms with Gasteiger partial charge < -0.3 is 25.1 Å². The van der Waals surface area contributed by atoms with Crippen LogP contribution in [0.5, 0.6) is 0 Å². The van der Waals surface area contributed by atoms with Crippen LogP contribution in [0.15, 0.2) is 79.3 Å². The second-order valence-corrected chi connectivity index (χ2v) is 9.66. The van der Waals surface area contributed by atoms with Gasteiger partial charge in [-0.3, -0.25) is 9.78 Å². The Morgan fingerprint density at radius 2 is 1.74 bits per heavy atom. The summed E-state index contributed by atoms with van der Waals surface area (Å²) in [6, 6.07) is 14.3. The van der Waals surface area contributed by atoms with E-state index in [-0.39, 0.29) is 37.2 Å². The summed E-state index contributed by atoms with van der Waals surface area (Å²) in [6.45, 7) is 0.306. The lowest BCUT2D eigenvalue weighted by atomic mass is 10.1. The molecule has 0 saturated carbocycles. The Kier molecular flexibility index (Phi) is 8.07. The van der Waals surface area contributed by atoms with Gasteiger partial charge in [0.1, 0.15) is 11.6 Å². The van der Waals surface area contributed by atoms with E-state index in [1.807, 2.05) is 0 Å². The number of benzene rings is 2. The van der Waals surface area contributed by atoms with E-state index in [0.717, 1.165) is 12.1 Å². The Morgan fingerprint density at radius 3 is 2.49 bits per heavy atom. The third kappa shape index (κ3) is 6.68. The maximum Gasteiger partial charge on any atom is 0.232 e. The van der Waals surface area contributed by atoms with Gasteiger partial charge in [0, 0.05) is 29.7 Å². The normalized spacial score (nSPS) is 16.5. The van der Waals surface area contributed by atoms with Crippen molar-refractivity contribution in [2.24, 2.45) is 5.92 Å². The van der Waals surface area contributed by atoms with Crippen LogP contribution in [0, 0.1) is 23.4 Å². The van der Waals surface area contributed by atoms with Crippen molar-refractivity contribution in [1.29, 1.82) is 0 Å². The molecule has 0 atom stereocenters. The molecule has 3 aromatic heterocycles. The lowest BCUT2D eigenvalue weighted by Crippen LogP contribution is -2.39. The van der Waals surface area contributed by atoms with E-state index < -0.39 is 29.7 Å². The lowest BCUT2D eigenvalue weighted by Gasteiger charge is -2.28. The highest BCUT2D eigenvalue weighted by Crippen LogP contribution is 2.31. The van der Waals surface area contributed by atoms with Crippen molar-refractivity contribution in [3.05, 3.63) is 103 Å². The fraction of sp³-hybridized carbons (Fsp3) is 0.167. The zero-order chi connectivity index (χ0) is 29.8. The van der Waals surface area contributed by atoms with E-state index >= 15 is 0 Å². The van der Waals surface area contributed by atoms with Crippen LogP contribution >= 0.6 is 0 Å². The van der Waals surface area contributed by atoms with Crippen LogP contribution in [0.2, 0.25) is 0 Å². The van der Waals surface area contributed by atoms with Crippen LogP contribution in [0.4, 0.5) is 30.5 Å². The van der Waals surface area contributed by atoms with Crippen LogP contribution in [-0.2, 0) is 20.7 Å². The topological polar surface area (TPSA) is 127 Å². The molecular weight excluding hydrogens is 563 g/mol. The highest BCUT2D eigenvalue weighted by atomic mass is 19.2. The van der Waals surface area contributed by atoms with Gasteiger partial charge in [0.2, 0.25) is 11.9 Å². The number of halogens is 3. The molecule has 0 spiro atoms. The highest BCUT2D eigenvalue weighted by Gasteiger charge is 2.29. The SMILES string of the molecule is O=C(Nc1cccnc1)C1COC(Cc2nc(-c3ccc(F)cc3)c(-c3ccnc(Nc4ccc(F)c(F)c4)n3)[nH]2)OC1. The van der Waals surface area contributed by atoms with Crippen molar-refractivity contribution in [2.45, 2.75) is 12.7 Å². The number of ether oxygens (including phenoxy) is 2. The van der Waals surface area contributed by atoms with Crippen molar-refractivity contribution in [3.8, 4) is 22.6 Å². The van der Waals surface area contributed by atoms with Gasteiger partial charge in [0.05, 0.1) is 54.5 Å². The highest BCUT2D eigenvalue weighted by molar-refractivity contribution is 5.92. The van der Waals surface area contributed by atoms with E-state index in [4.69, 9.17) is 14.5 Å². The quantitative estimate of drug-likeness (QED) is 0.225. The molecule has 1 amide bonds. The van der Waals surface area contributed by atoms with Crippen LogP contribution in [0.3, 0.4) is 0 Å². The minimum absolute atomic E-state index is 0.138. The Labute approximate surface area is 243 Å². The largest absolute Gasteiger partial charge is 0.351 e. The fourth-order valence-corrected chi connectivity index (χ4v) is 4.43. The first-order chi connectivity index (χ1) is 20.9. The second-order valence-electron chi connectivity index (χ2n) is 9.66. The number of imidazole rings is 1. The monoisotopic (exact) mass is 587 g/mol. The van der Waals surface area contributed by atoms with E-state index in [0.29, 0.717) is 34.2 Å². The second kappa shape index (κ2) is 12.4. The number of H-pyrrole nitrogens is 1. The van der Waals surface area contributed by atoms with Gasteiger partial charge in [-0.05, 0) is 54.6 Å². The van der Waals surface area contributed by atoms with Gasteiger partial charge in [0.25, 0.3) is 0 Å². The summed E-state index contributed by atoms with van der Waals surface area (Å²) >= 11 is 0. The van der Waals surface area contributed by atoms with Gasteiger partial charge in [-0.25, -0.2) is 28.1 Å². The van der Waals surface area contributed by atoms with Crippen molar-refractivity contribution < 1.29 is 27.4 Å². The first-order valence-corrected chi connectivity index (χ1v) is 13.3. The number of carbonyl (C=O) groups excluding carboxylic acids is 1. The number of hydrogen-bond acceptors (Lipinski definition) is 8. The zero-order valence-electron chi connectivity index (χ0n) is 22.4. The number of aromatic amines is 1. The molecule has 10 nitrogen and oxygen atoms in total. The van der Waals surface area contributed by atoms with Gasteiger partial charge >= 0.3 is 0 Å². The number of anilines is 3. The molecule has 218 valence electrons. The Hall–Kier alpha value is -5.14. The Balaban J connectivity index is 1.20. The number of aromatic nitrogens is 5. The van der Waals surface area contributed by atoms with Crippen molar-refractivity contribution in [1.82, 2.24) is 24.9 Å². The number of nitrogens with zero attached hydrogens (tertiary/aromatic N) is 4. The molecule has 43 heavy (non-hydrogen) atoms. The van der Waals surface area contributed by atoms with Gasteiger partial charge in [-0.2, -0.15) is 0 Å². The number of pyridine rings is 1. The molecule has 1 aliphatic heterocycles. The van der Waals surface area contributed by atoms with Crippen molar-refractivity contribution in [3.63, 3.8) is 0 Å². The van der Waals surface area contributed by atoms with Crippen molar-refractivity contribution in [2.75, 3.05) is 23.8 Å². The summed E-state index contributed by atoms with van der Waals surface area (Å²) in [5.41, 5.74) is 2.93. The van der Waals surface area contributed by atoms with Crippen LogP contribution < -0.4 is 10.6 Å². The summed E-state index contributed by atoms with van der Waals surface area (Å²) < 4.78 is 52.4. The molecule has 1 saturated heterocycles. The summed E-state index contributed by atoms with van der Waals surface area (Å²) in [5.74, 6) is -2.46. The molecule has 0 aliphatic carbocycles. The smallest absolute Gasteiger partial charge is 0.232 e. The van der Waals surface area contributed by atoms with Crippen LogP contribution in [-0.4, -0.2) is 50.3 Å². The number of amides is 1. The molecule has 0 radical (unpaired) electrons. The standard InChI is InChI=1S/C30H24F3N7O3/c31-19-5-3-17(4-6-19)27-28(24-9-11-35-30(38-24)37-20-7-8-22(32)23(33)12-20)40-25(39-27)13-26-42-15-18(16-43-26)29(41)36-21-2-1-10-34-14-21/h1-12,14,18,26H,13,15-16H2,(H,36,41)(H,39,40)(H,35,37,38). The summed E-state index contributed by atoms with van der Waals surface area (Å²) in [5, 5.41) is 5.65. The summed E-state index contributed by atoms with van der Waals surface area (Å²) in [7, 11) is 0. The molecule has 2 aromatic carbocycles. The summed E-state index contributed by atoms with van der Waals surface area (Å²) in [6.07, 6.45) is 4.24. The Morgan fingerprint density at radius 1 is 0.930 bits per heavy atom. The fourth-order valence-electron chi connectivity index (χ4n) is 4.43. The van der Waals surface area contributed by atoms with Gasteiger partial charge in [-0.1, -0.05) is 0 Å². The summed E-state index contributed by atoms with van der Waals surface area (Å²) in [4.78, 5) is 33.3.